The Morgan fingerprint density at radius 3 is 2.42 bits per heavy atom. The van der Waals surface area contributed by atoms with Crippen molar-refractivity contribution in [3.8, 4) is 0 Å². The van der Waals surface area contributed by atoms with Gasteiger partial charge in [0.05, 0.1) is 18.6 Å². The summed E-state index contributed by atoms with van der Waals surface area (Å²) >= 11 is 1.33. The number of ether oxygens (including phenoxy) is 1. The number of hydrogen-bond donors (Lipinski definition) is 3. The van der Waals surface area contributed by atoms with Crippen LogP contribution in [0.1, 0.15) is 20.0 Å². The molecule has 2 aromatic rings. The minimum Gasteiger partial charge on any atom is -0.467 e. The third-order valence-corrected chi connectivity index (χ3v) is 3.99. The maximum absolute atomic E-state index is 12.0. The molecule has 24 heavy (non-hydrogen) atoms. The lowest BCUT2D eigenvalue weighted by atomic mass is 10.1. The van der Waals surface area contributed by atoms with Crippen LogP contribution in [-0.4, -0.2) is 42.6 Å². The van der Waals surface area contributed by atoms with E-state index in [1.165, 1.54) is 30.6 Å². The number of nitrogens with one attached hydrogen (secondary N) is 2. The summed E-state index contributed by atoms with van der Waals surface area (Å²) in [6, 6.07) is 8.53. The van der Waals surface area contributed by atoms with Crippen molar-refractivity contribution in [2.24, 2.45) is 0 Å². The third-order valence-electron chi connectivity index (χ3n) is 3.12. The predicted molar refractivity (Wildman–Crippen MR) is 89.1 cm³/mol. The number of carbonyl (C=O) groups excluding carboxylic acids is 3. The highest BCUT2D eigenvalue weighted by Gasteiger charge is 2.21. The van der Waals surface area contributed by atoms with Crippen LogP contribution in [0.15, 0.2) is 41.8 Å². The molecule has 1 atom stereocenters. The minimum absolute atomic E-state index is 0.228. The second-order valence-corrected chi connectivity index (χ2v) is 5.69. The molecule has 126 valence electrons. The van der Waals surface area contributed by atoms with Gasteiger partial charge in [0.15, 0.2) is 6.04 Å². The molecule has 7 nitrogen and oxygen atoms in total. The molecular formula is C16H16N2O5S. The van der Waals surface area contributed by atoms with Crippen LogP contribution in [0, 0.1) is 0 Å². The summed E-state index contributed by atoms with van der Waals surface area (Å²) in [5, 5.41) is 16.0. The largest absolute Gasteiger partial charge is 0.467 e. The molecule has 0 aliphatic rings. The molecule has 2 rings (SSSR count). The summed E-state index contributed by atoms with van der Waals surface area (Å²) in [7, 11) is 1.17. The first kappa shape index (κ1) is 17.6. The number of thiophene rings is 1. The highest BCUT2D eigenvalue weighted by atomic mass is 32.1. The number of esters is 1. The van der Waals surface area contributed by atoms with Crippen molar-refractivity contribution in [1.29, 1.82) is 0 Å². The summed E-state index contributed by atoms with van der Waals surface area (Å²) in [5.41, 5.74) is 0.822. The average Bonchev–Trinajstić information content (AvgIpc) is 3.14. The zero-order valence-corrected chi connectivity index (χ0v) is 13.6. The molecule has 0 aliphatic heterocycles. The standard InChI is InChI=1S/C16H16N2O5S/c1-23-16(22)12(9-19)18-14(20)10-4-6-11(7-5-10)17-15(21)13-3-2-8-24-13/h2-8,12,19H,9H2,1H3,(H,17,21)(H,18,20)/t12-/m0/s1. The molecule has 1 aromatic heterocycles. The summed E-state index contributed by atoms with van der Waals surface area (Å²) in [5.74, 6) is -1.49. The van der Waals surface area contributed by atoms with Crippen LogP contribution in [0.25, 0.3) is 0 Å². The Morgan fingerprint density at radius 2 is 1.88 bits per heavy atom. The van der Waals surface area contributed by atoms with Crippen LogP contribution in [0.2, 0.25) is 0 Å². The average molecular weight is 348 g/mol. The van der Waals surface area contributed by atoms with Crippen molar-refractivity contribution in [2.45, 2.75) is 6.04 Å². The molecule has 0 bridgehead atoms. The maximum Gasteiger partial charge on any atom is 0.330 e. The first-order valence-electron chi connectivity index (χ1n) is 6.99. The lowest BCUT2D eigenvalue weighted by molar-refractivity contribution is -0.143. The lowest BCUT2D eigenvalue weighted by Crippen LogP contribution is -2.44. The molecule has 1 aromatic carbocycles. The predicted octanol–water partition coefficient (Wildman–Crippen LogP) is 1.26. The summed E-state index contributed by atoms with van der Waals surface area (Å²) < 4.78 is 4.48. The van der Waals surface area contributed by atoms with Crippen molar-refractivity contribution in [1.82, 2.24) is 5.32 Å². The number of methoxy groups -OCH3 is 1. The van der Waals surface area contributed by atoms with Gasteiger partial charge < -0.3 is 20.5 Å². The zero-order valence-electron chi connectivity index (χ0n) is 12.8. The van der Waals surface area contributed by atoms with Crippen LogP contribution in [0.4, 0.5) is 5.69 Å². The van der Waals surface area contributed by atoms with E-state index in [0.29, 0.717) is 10.6 Å². The Morgan fingerprint density at radius 1 is 1.17 bits per heavy atom. The van der Waals surface area contributed by atoms with E-state index in [-0.39, 0.29) is 11.5 Å². The number of carbonyl (C=O) groups is 3. The summed E-state index contributed by atoms with van der Waals surface area (Å²) in [4.78, 5) is 35.9. The summed E-state index contributed by atoms with van der Waals surface area (Å²) in [6.45, 7) is -0.562. The van der Waals surface area contributed by atoms with Crippen LogP contribution >= 0.6 is 11.3 Å². The molecule has 8 heteroatoms. The molecule has 0 aliphatic carbocycles. The fraction of sp³-hybridized carbons (Fsp3) is 0.188. The fourth-order valence-corrected chi connectivity index (χ4v) is 2.49. The Balaban J connectivity index is 1.99. The highest BCUT2D eigenvalue weighted by molar-refractivity contribution is 7.12. The molecule has 1 heterocycles. The first-order valence-corrected chi connectivity index (χ1v) is 7.87. The van der Waals surface area contributed by atoms with Gasteiger partial charge in [0.25, 0.3) is 11.8 Å². The van der Waals surface area contributed by atoms with Gasteiger partial charge in [-0.15, -0.1) is 11.3 Å². The molecule has 3 N–H and O–H groups in total. The molecule has 2 amide bonds. The van der Waals surface area contributed by atoms with Crippen LogP contribution in [0.3, 0.4) is 0 Å². The van der Waals surface area contributed by atoms with Crippen LogP contribution in [-0.2, 0) is 9.53 Å². The monoisotopic (exact) mass is 348 g/mol. The molecule has 0 saturated heterocycles. The minimum atomic E-state index is -1.12. The van der Waals surface area contributed by atoms with E-state index in [1.807, 2.05) is 0 Å². The van der Waals surface area contributed by atoms with Gasteiger partial charge in [0.2, 0.25) is 0 Å². The van der Waals surface area contributed by atoms with Gasteiger partial charge in [-0.05, 0) is 35.7 Å². The van der Waals surface area contributed by atoms with Gasteiger partial charge in [0, 0.05) is 11.3 Å². The lowest BCUT2D eigenvalue weighted by Gasteiger charge is -2.14. The van der Waals surface area contributed by atoms with E-state index in [0.717, 1.165) is 0 Å². The molecule has 0 unspecified atom stereocenters. The van der Waals surface area contributed by atoms with Crippen molar-refractivity contribution in [2.75, 3.05) is 19.0 Å². The Labute approximate surface area is 142 Å². The second-order valence-electron chi connectivity index (χ2n) is 4.74. The number of hydrogen-bond acceptors (Lipinski definition) is 6. The molecular weight excluding hydrogens is 332 g/mol. The van der Waals surface area contributed by atoms with Gasteiger partial charge in [-0.1, -0.05) is 6.07 Å². The van der Waals surface area contributed by atoms with E-state index in [2.05, 4.69) is 15.4 Å². The Hall–Kier alpha value is -2.71. The number of rotatable bonds is 6. The van der Waals surface area contributed by atoms with Gasteiger partial charge in [-0.25, -0.2) is 4.79 Å². The first-order chi connectivity index (χ1) is 11.5. The topological polar surface area (TPSA) is 105 Å². The van der Waals surface area contributed by atoms with E-state index in [9.17, 15) is 14.4 Å². The Bertz CT molecular complexity index is 713. The number of anilines is 1. The normalized spacial score (nSPS) is 11.4. The number of aliphatic hydroxyl groups excluding tert-OH is 1. The van der Waals surface area contributed by atoms with Crippen LogP contribution in [0.5, 0.6) is 0 Å². The second kappa shape index (κ2) is 8.23. The molecule has 0 fully saturated rings. The van der Waals surface area contributed by atoms with Crippen LogP contribution < -0.4 is 10.6 Å². The number of amides is 2. The number of aliphatic hydroxyl groups is 1. The van der Waals surface area contributed by atoms with Crippen molar-refractivity contribution in [3.63, 3.8) is 0 Å². The fourth-order valence-electron chi connectivity index (χ4n) is 1.87. The van der Waals surface area contributed by atoms with E-state index >= 15 is 0 Å². The SMILES string of the molecule is COC(=O)[C@H](CO)NC(=O)c1ccc(NC(=O)c2cccs2)cc1. The summed E-state index contributed by atoms with van der Waals surface area (Å²) in [6.07, 6.45) is 0. The Kier molecular flexibility index (Phi) is 6.05. The van der Waals surface area contributed by atoms with Crippen molar-refractivity contribution >= 4 is 34.8 Å². The van der Waals surface area contributed by atoms with E-state index < -0.39 is 24.5 Å². The molecule has 0 radical (unpaired) electrons. The quantitative estimate of drug-likeness (QED) is 0.682. The molecule has 0 saturated carbocycles. The van der Waals surface area contributed by atoms with Gasteiger partial charge in [0.1, 0.15) is 0 Å². The van der Waals surface area contributed by atoms with Gasteiger partial charge in [-0.2, -0.15) is 0 Å². The van der Waals surface area contributed by atoms with Crippen molar-refractivity contribution < 1.29 is 24.2 Å². The van der Waals surface area contributed by atoms with E-state index in [4.69, 9.17) is 5.11 Å². The van der Waals surface area contributed by atoms with Crippen molar-refractivity contribution in [3.05, 3.63) is 52.2 Å². The highest BCUT2D eigenvalue weighted by Crippen LogP contribution is 2.14. The van der Waals surface area contributed by atoms with Gasteiger partial charge in [-0.3, -0.25) is 9.59 Å². The zero-order chi connectivity index (χ0) is 17.5. The maximum atomic E-state index is 12.0. The third kappa shape index (κ3) is 4.40. The van der Waals surface area contributed by atoms with Gasteiger partial charge >= 0.3 is 5.97 Å². The smallest absolute Gasteiger partial charge is 0.330 e. The van der Waals surface area contributed by atoms with E-state index in [1.54, 1.807) is 29.6 Å². The number of benzene rings is 1. The molecule has 0 spiro atoms.